The minimum atomic E-state index is -0.981. The molecule has 0 atom stereocenters. The zero-order chi connectivity index (χ0) is 17.0. The van der Waals surface area contributed by atoms with Gasteiger partial charge in [-0.15, -0.1) is 0 Å². The molecule has 0 aromatic carbocycles. The van der Waals surface area contributed by atoms with E-state index in [2.05, 4.69) is 102 Å². The summed E-state index contributed by atoms with van der Waals surface area (Å²) in [7, 11) is -1.96. The third kappa shape index (κ3) is 9.61. The van der Waals surface area contributed by atoms with Crippen LogP contribution in [0.25, 0.3) is 0 Å². The molecule has 3 nitrogen and oxygen atoms in total. The van der Waals surface area contributed by atoms with Gasteiger partial charge in [0.05, 0.1) is 0 Å². The van der Waals surface area contributed by atoms with E-state index in [1.807, 2.05) is 0 Å². The van der Waals surface area contributed by atoms with Crippen molar-refractivity contribution in [2.24, 2.45) is 0 Å². The summed E-state index contributed by atoms with van der Waals surface area (Å²) in [5.41, 5.74) is 0. The first kappa shape index (κ1) is 21.9. The Morgan fingerprint density at radius 3 is 1.19 bits per heavy atom. The minimum Gasteiger partial charge on any atom is -0.360 e. The molecule has 0 radical (unpaired) electrons. The van der Waals surface area contributed by atoms with Crippen LogP contribution in [0.5, 0.6) is 0 Å². The first-order valence-corrected chi connectivity index (χ1v) is 15.8. The van der Waals surface area contributed by atoms with E-state index in [9.17, 15) is 0 Å². The fourth-order valence-electron chi connectivity index (χ4n) is 2.58. The molecule has 1 aliphatic heterocycles. The maximum absolute atomic E-state index is 3.74. The maximum Gasteiger partial charge on any atom is 0.109 e. The predicted octanol–water partition coefficient (Wildman–Crippen LogP) is 3.30. The fourth-order valence-corrected chi connectivity index (χ4v) is 12.7. The number of nitrogens with one attached hydrogen (secondary N) is 1. The standard InChI is InChI=1S/C9H18N2.C6H19NSi2.Ag/c1-8(2)10-5-6-11(7-10)9(3)4;1-8(2,3)7-9(4,5)6;/h8-9H,5-6H2,1-4H3;7H,1-6H3;. The van der Waals surface area contributed by atoms with Crippen LogP contribution >= 0.6 is 0 Å². The van der Waals surface area contributed by atoms with E-state index in [0.29, 0.717) is 12.1 Å². The molecule has 0 saturated carbocycles. The predicted molar refractivity (Wildman–Crippen MR) is 98.5 cm³/mol. The summed E-state index contributed by atoms with van der Waals surface area (Å²) in [6.45, 7) is 25.3. The molecule has 1 heterocycles. The third-order valence-corrected chi connectivity index (χ3v) is 9.86. The van der Waals surface area contributed by atoms with Crippen LogP contribution < -0.4 is 4.65 Å². The second kappa shape index (κ2) is 8.69. The van der Waals surface area contributed by atoms with E-state index in [4.69, 9.17) is 0 Å². The smallest absolute Gasteiger partial charge is 0.109 e. The van der Waals surface area contributed by atoms with Gasteiger partial charge in [-0.25, -0.2) is 0 Å². The van der Waals surface area contributed by atoms with Gasteiger partial charge in [0.2, 0.25) is 0 Å². The van der Waals surface area contributed by atoms with E-state index >= 15 is 0 Å². The molecule has 6 heteroatoms. The van der Waals surface area contributed by atoms with Gasteiger partial charge in [0, 0.05) is 0 Å². The quantitative estimate of drug-likeness (QED) is 0.700. The van der Waals surface area contributed by atoms with Crippen molar-refractivity contribution in [3.8, 4) is 0 Å². The van der Waals surface area contributed by atoms with Gasteiger partial charge in [0.15, 0.2) is 0 Å². The topological polar surface area (TPSA) is 18.5 Å². The molecule has 21 heavy (non-hydrogen) atoms. The van der Waals surface area contributed by atoms with Gasteiger partial charge < -0.3 is 4.65 Å². The Kier molecular flexibility index (Phi) is 9.07. The normalized spacial score (nSPS) is 18.5. The Bertz CT molecular complexity index is 303. The van der Waals surface area contributed by atoms with Gasteiger partial charge in [-0.2, -0.15) is 0 Å². The third-order valence-electron chi connectivity index (χ3n) is 3.01. The van der Waals surface area contributed by atoms with Crippen molar-refractivity contribution in [1.82, 2.24) is 14.4 Å². The molecule has 0 amide bonds. The molecule has 1 saturated heterocycles. The monoisotopic (exact) mass is 422 g/mol. The van der Waals surface area contributed by atoms with Crippen LogP contribution in [-0.2, 0) is 20.6 Å². The van der Waals surface area contributed by atoms with Crippen LogP contribution in [0, 0.1) is 0 Å². The van der Waals surface area contributed by atoms with Crippen LogP contribution in [-0.4, -0.2) is 55.4 Å². The molecule has 1 fully saturated rings. The summed E-state index contributed by atoms with van der Waals surface area (Å²) < 4.78 is 4.99. The van der Waals surface area contributed by atoms with Gasteiger partial charge in [0.25, 0.3) is 0 Å². The van der Waals surface area contributed by atoms with E-state index in [1.54, 1.807) is 0 Å². The summed E-state index contributed by atoms with van der Waals surface area (Å²) in [5, 5.41) is 0. The molecule has 1 rings (SSSR count). The van der Waals surface area contributed by atoms with Gasteiger partial charge in [-0.05, 0) is 0 Å². The summed E-state index contributed by atoms with van der Waals surface area (Å²) in [5.74, 6) is 0. The summed E-state index contributed by atoms with van der Waals surface area (Å²) >= 11 is 3.66. The Labute approximate surface area is 147 Å². The minimum absolute atomic E-state index is 0.599. The zero-order valence-electron chi connectivity index (χ0n) is 15.8. The van der Waals surface area contributed by atoms with E-state index in [1.165, 1.54) is 3.97 Å². The molecule has 0 spiro atoms. The van der Waals surface area contributed by atoms with Crippen molar-refractivity contribution in [2.45, 2.75) is 79.1 Å². The molecule has 131 valence electrons. The Morgan fingerprint density at radius 2 is 1.10 bits per heavy atom. The first-order valence-electron chi connectivity index (χ1n) is 8.06. The van der Waals surface area contributed by atoms with Gasteiger partial charge in [0.1, 0.15) is 16.5 Å². The van der Waals surface area contributed by atoms with Crippen molar-refractivity contribution >= 4 is 20.4 Å². The molecule has 0 unspecified atom stereocenters. The molecule has 0 aromatic rings. The van der Waals surface area contributed by atoms with Crippen LogP contribution in [0.15, 0.2) is 0 Å². The average Bonchev–Trinajstić information content (AvgIpc) is 2.54. The molecule has 0 bridgehead atoms. The SMILES string of the molecule is CC(C)N1CCN(C(C)C)[C]1=[Ag].C[Si](C)(C)N[Si](C)(C)C. The van der Waals surface area contributed by atoms with Gasteiger partial charge in [-0.3, -0.25) is 0 Å². The number of rotatable bonds is 4. The molecule has 1 N–H and O–H groups in total. The summed E-state index contributed by atoms with van der Waals surface area (Å²) in [6.07, 6.45) is 0. The van der Waals surface area contributed by atoms with E-state index in [0.717, 1.165) is 13.1 Å². The van der Waals surface area contributed by atoms with Crippen molar-refractivity contribution < 1.29 is 20.6 Å². The zero-order valence-corrected chi connectivity index (χ0v) is 19.2. The summed E-state index contributed by atoms with van der Waals surface area (Å²) in [4.78, 5) is 4.78. The first-order chi connectivity index (χ1) is 9.24. The van der Waals surface area contributed by atoms with Gasteiger partial charge in [-0.1, -0.05) is 39.3 Å². The van der Waals surface area contributed by atoms with Crippen LogP contribution in [0.3, 0.4) is 0 Å². The molecule has 1 aliphatic rings. The Morgan fingerprint density at radius 1 is 0.810 bits per heavy atom. The van der Waals surface area contributed by atoms with Crippen LogP contribution in [0.2, 0.25) is 39.3 Å². The Hall–Kier alpha value is 0.924. The van der Waals surface area contributed by atoms with Crippen molar-refractivity contribution in [3.05, 3.63) is 0 Å². The maximum atomic E-state index is 3.74. The molecule has 0 aromatic heterocycles. The van der Waals surface area contributed by atoms with Crippen LogP contribution in [0.1, 0.15) is 27.7 Å². The van der Waals surface area contributed by atoms with Crippen molar-refractivity contribution in [3.63, 3.8) is 0 Å². The van der Waals surface area contributed by atoms with Crippen molar-refractivity contribution in [2.75, 3.05) is 13.1 Å². The second-order valence-corrected chi connectivity index (χ2v) is 19.1. The largest absolute Gasteiger partial charge is 0.360 e. The van der Waals surface area contributed by atoms with E-state index < -0.39 is 16.5 Å². The average molecular weight is 424 g/mol. The van der Waals surface area contributed by atoms with Crippen LogP contribution in [0.4, 0.5) is 0 Å². The van der Waals surface area contributed by atoms with Crippen molar-refractivity contribution in [1.29, 1.82) is 0 Å². The molecule has 0 aliphatic carbocycles. The number of hydrogen-bond acceptors (Lipinski definition) is 3. The molecular weight excluding hydrogens is 386 g/mol. The van der Waals surface area contributed by atoms with E-state index in [-0.39, 0.29) is 0 Å². The summed E-state index contributed by atoms with van der Waals surface area (Å²) in [6, 6.07) is 1.20. The second-order valence-electron chi connectivity index (χ2n) is 8.43. The molecular formula is C15H37AgN3Si2. The number of hydrogen-bond donors (Lipinski definition) is 1. The number of nitrogens with zero attached hydrogens (tertiary/aromatic N) is 2. The Balaban J connectivity index is 0.000000400. The fraction of sp³-hybridized carbons (Fsp3) is 0.933. The van der Waals surface area contributed by atoms with Gasteiger partial charge >= 0.3 is 87.2 Å².